The largest absolute Gasteiger partial charge is 0.507 e. The molecule has 0 spiro atoms. The third kappa shape index (κ3) is 2.42. The first kappa shape index (κ1) is 13.1. The van der Waals surface area contributed by atoms with Crippen molar-refractivity contribution in [2.45, 2.75) is 19.4 Å². The molecule has 3 amide bonds. The second-order valence-corrected chi connectivity index (χ2v) is 4.54. The van der Waals surface area contributed by atoms with Gasteiger partial charge in [0.15, 0.2) is 0 Å². The van der Waals surface area contributed by atoms with E-state index in [1.807, 2.05) is 0 Å². The Bertz CT molecular complexity index is 568. The number of benzene rings is 1. The zero-order chi connectivity index (χ0) is 14.2. The Hall–Kier alpha value is -2.37. The van der Waals surface area contributed by atoms with Gasteiger partial charge in [0, 0.05) is 7.05 Å². The first-order valence-electron chi connectivity index (χ1n) is 5.81. The average molecular weight is 262 g/mol. The van der Waals surface area contributed by atoms with Gasteiger partial charge in [-0.05, 0) is 19.1 Å². The molecule has 1 aromatic carbocycles. The van der Waals surface area contributed by atoms with Gasteiger partial charge in [0.2, 0.25) is 5.91 Å². The van der Waals surface area contributed by atoms with Crippen molar-refractivity contribution >= 4 is 17.7 Å². The maximum atomic E-state index is 12.0. The van der Waals surface area contributed by atoms with Crippen molar-refractivity contribution in [1.29, 1.82) is 0 Å². The quantitative estimate of drug-likeness (QED) is 0.745. The van der Waals surface area contributed by atoms with Crippen LogP contribution < -0.4 is 5.32 Å². The molecule has 2 rings (SSSR count). The molecule has 0 aliphatic carbocycles. The van der Waals surface area contributed by atoms with Crippen LogP contribution in [0.2, 0.25) is 0 Å². The Balaban J connectivity index is 2.16. The summed E-state index contributed by atoms with van der Waals surface area (Å²) in [6.07, 6.45) is -0.0480. The summed E-state index contributed by atoms with van der Waals surface area (Å²) in [6, 6.07) is 3.75. The topological polar surface area (TPSA) is 86.7 Å². The van der Waals surface area contributed by atoms with Crippen LogP contribution in [0, 0.1) is 6.92 Å². The molecule has 1 heterocycles. The Morgan fingerprint density at radius 3 is 2.68 bits per heavy atom. The molecule has 1 aromatic rings. The van der Waals surface area contributed by atoms with Crippen LogP contribution in [0.5, 0.6) is 5.75 Å². The zero-order valence-electron chi connectivity index (χ0n) is 10.6. The van der Waals surface area contributed by atoms with Gasteiger partial charge in [-0.1, -0.05) is 11.6 Å². The Kier molecular flexibility index (Phi) is 3.25. The number of carbonyl (C=O) groups excluding carboxylic acids is 3. The zero-order valence-corrected chi connectivity index (χ0v) is 10.6. The molecule has 0 aromatic heterocycles. The summed E-state index contributed by atoms with van der Waals surface area (Å²) < 4.78 is 0. The minimum Gasteiger partial charge on any atom is -0.507 e. The number of hydrogen-bond donors (Lipinski definition) is 2. The molecule has 6 nitrogen and oxygen atoms in total. The molecule has 1 aliphatic heterocycles. The standard InChI is InChI=1S/C13H14N2O4/c1-7-3-4-10(16)8(5-7)12(18)14-9-6-11(17)15(2)13(9)19/h3-5,9,16H,6H2,1-2H3,(H,14,18). The summed E-state index contributed by atoms with van der Waals surface area (Å²) in [6.45, 7) is 1.79. The van der Waals surface area contributed by atoms with E-state index in [1.165, 1.54) is 19.2 Å². The number of phenols is 1. The van der Waals surface area contributed by atoms with E-state index < -0.39 is 17.9 Å². The lowest BCUT2D eigenvalue weighted by molar-refractivity contribution is -0.137. The fourth-order valence-electron chi connectivity index (χ4n) is 1.94. The van der Waals surface area contributed by atoms with Crippen LogP contribution in [0.4, 0.5) is 0 Å². The van der Waals surface area contributed by atoms with E-state index >= 15 is 0 Å². The van der Waals surface area contributed by atoms with Crippen LogP contribution >= 0.6 is 0 Å². The van der Waals surface area contributed by atoms with Crippen molar-refractivity contribution in [3.8, 4) is 5.75 Å². The van der Waals surface area contributed by atoms with Crippen LogP contribution in [0.15, 0.2) is 18.2 Å². The Morgan fingerprint density at radius 1 is 1.42 bits per heavy atom. The molecule has 1 fully saturated rings. The first-order chi connectivity index (χ1) is 8.90. The highest BCUT2D eigenvalue weighted by Gasteiger charge is 2.37. The Morgan fingerprint density at radius 2 is 2.11 bits per heavy atom. The van der Waals surface area contributed by atoms with Crippen molar-refractivity contribution in [2.75, 3.05) is 7.05 Å². The lowest BCUT2D eigenvalue weighted by atomic mass is 10.1. The van der Waals surface area contributed by atoms with E-state index in [0.717, 1.165) is 10.5 Å². The fraction of sp³-hybridized carbons (Fsp3) is 0.308. The highest BCUT2D eigenvalue weighted by molar-refractivity contribution is 6.08. The number of imide groups is 1. The molecule has 0 saturated carbocycles. The summed E-state index contributed by atoms with van der Waals surface area (Å²) in [5.74, 6) is -1.50. The maximum Gasteiger partial charge on any atom is 0.255 e. The second kappa shape index (κ2) is 4.72. The lowest BCUT2D eigenvalue weighted by Crippen LogP contribution is -2.40. The van der Waals surface area contributed by atoms with E-state index in [4.69, 9.17) is 0 Å². The van der Waals surface area contributed by atoms with Gasteiger partial charge >= 0.3 is 0 Å². The van der Waals surface area contributed by atoms with E-state index in [2.05, 4.69) is 5.32 Å². The van der Waals surface area contributed by atoms with Gasteiger partial charge in [-0.3, -0.25) is 19.3 Å². The Labute approximate surface area is 110 Å². The van der Waals surface area contributed by atoms with Crippen molar-refractivity contribution in [3.63, 3.8) is 0 Å². The molecular formula is C13H14N2O4. The molecule has 1 aliphatic rings. The number of aryl methyl sites for hydroxylation is 1. The average Bonchev–Trinajstić information content (AvgIpc) is 2.60. The minimum atomic E-state index is -0.857. The highest BCUT2D eigenvalue weighted by atomic mass is 16.3. The van der Waals surface area contributed by atoms with Crippen molar-refractivity contribution in [2.24, 2.45) is 0 Å². The van der Waals surface area contributed by atoms with E-state index in [-0.39, 0.29) is 23.6 Å². The molecule has 6 heteroatoms. The van der Waals surface area contributed by atoms with Gasteiger partial charge in [0.1, 0.15) is 11.8 Å². The number of rotatable bonds is 2. The number of likely N-dealkylation sites (tertiary alicyclic amines) is 1. The normalized spacial score (nSPS) is 18.8. The third-order valence-electron chi connectivity index (χ3n) is 3.08. The molecule has 1 atom stereocenters. The summed E-state index contributed by atoms with van der Waals surface area (Å²) >= 11 is 0. The van der Waals surface area contributed by atoms with Crippen molar-refractivity contribution < 1.29 is 19.5 Å². The molecule has 0 radical (unpaired) electrons. The number of aromatic hydroxyl groups is 1. The van der Waals surface area contributed by atoms with Crippen LogP contribution in [-0.4, -0.2) is 40.8 Å². The van der Waals surface area contributed by atoms with E-state index in [0.29, 0.717) is 0 Å². The predicted molar refractivity (Wildman–Crippen MR) is 66.5 cm³/mol. The van der Waals surface area contributed by atoms with Crippen molar-refractivity contribution in [3.05, 3.63) is 29.3 Å². The molecular weight excluding hydrogens is 248 g/mol. The number of likely N-dealkylation sites (N-methyl/N-ethyl adjacent to an activating group) is 1. The summed E-state index contributed by atoms with van der Waals surface area (Å²) in [5.41, 5.74) is 0.906. The molecule has 100 valence electrons. The molecule has 0 bridgehead atoms. The summed E-state index contributed by atoms with van der Waals surface area (Å²) in [5, 5.41) is 12.1. The molecule has 1 saturated heterocycles. The number of nitrogens with zero attached hydrogens (tertiary/aromatic N) is 1. The number of carbonyl (C=O) groups is 3. The molecule has 2 N–H and O–H groups in total. The highest BCUT2D eigenvalue weighted by Crippen LogP contribution is 2.19. The minimum absolute atomic E-state index is 0.0480. The van der Waals surface area contributed by atoms with Gasteiger partial charge in [-0.15, -0.1) is 0 Å². The van der Waals surface area contributed by atoms with Crippen molar-refractivity contribution in [1.82, 2.24) is 10.2 Å². The SMILES string of the molecule is Cc1ccc(O)c(C(=O)NC2CC(=O)N(C)C2=O)c1. The molecule has 1 unspecified atom stereocenters. The van der Waals surface area contributed by atoms with Crippen LogP contribution in [0.1, 0.15) is 22.3 Å². The van der Waals surface area contributed by atoms with Gasteiger partial charge in [-0.25, -0.2) is 0 Å². The van der Waals surface area contributed by atoms with Gasteiger partial charge in [-0.2, -0.15) is 0 Å². The lowest BCUT2D eigenvalue weighted by Gasteiger charge is -2.12. The predicted octanol–water partition coefficient (Wildman–Crippen LogP) is 0.188. The first-order valence-corrected chi connectivity index (χ1v) is 5.81. The third-order valence-corrected chi connectivity index (χ3v) is 3.08. The number of phenolic OH excluding ortho intramolecular Hbond substituents is 1. The number of nitrogens with one attached hydrogen (secondary N) is 1. The summed E-state index contributed by atoms with van der Waals surface area (Å²) in [7, 11) is 1.38. The van der Waals surface area contributed by atoms with Gasteiger partial charge < -0.3 is 10.4 Å². The second-order valence-electron chi connectivity index (χ2n) is 4.54. The molecule has 19 heavy (non-hydrogen) atoms. The van der Waals surface area contributed by atoms with E-state index in [9.17, 15) is 19.5 Å². The van der Waals surface area contributed by atoms with Crippen LogP contribution in [-0.2, 0) is 9.59 Å². The number of hydrogen-bond acceptors (Lipinski definition) is 4. The maximum absolute atomic E-state index is 12.0. The summed E-state index contributed by atoms with van der Waals surface area (Å²) in [4.78, 5) is 36.0. The monoisotopic (exact) mass is 262 g/mol. The van der Waals surface area contributed by atoms with Crippen LogP contribution in [0.3, 0.4) is 0 Å². The number of amides is 3. The van der Waals surface area contributed by atoms with Gasteiger partial charge in [0.05, 0.1) is 12.0 Å². The van der Waals surface area contributed by atoms with E-state index in [1.54, 1.807) is 13.0 Å². The van der Waals surface area contributed by atoms with Crippen LogP contribution in [0.25, 0.3) is 0 Å². The smallest absolute Gasteiger partial charge is 0.255 e. The van der Waals surface area contributed by atoms with Gasteiger partial charge in [0.25, 0.3) is 11.8 Å². The fourth-order valence-corrected chi connectivity index (χ4v) is 1.94.